The van der Waals surface area contributed by atoms with Crippen LogP contribution in [0.25, 0.3) is 0 Å². The predicted octanol–water partition coefficient (Wildman–Crippen LogP) is 2.51. The van der Waals surface area contributed by atoms with E-state index in [4.69, 9.17) is 5.11 Å². The van der Waals surface area contributed by atoms with Gasteiger partial charge in [-0.15, -0.1) is 0 Å². The molecule has 2 aliphatic rings. The van der Waals surface area contributed by atoms with E-state index in [1.807, 2.05) is 0 Å². The second kappa shape index (κ2) is 6.02. The maximum absolute atomic E-state index is 11.9. The van der Waals surface area contributed by atoms with Crippen molar-refractivity contribution in [3.05, 3.63) is 0 Å². The van der Waals surface area contributed by atoms with Gasteiger partial charge in [0.2, 0.25) is 0 Å². The molecular weight excluding hydrogens is 256 g/mol. The van der Waals surface area contributed by atoms with E-state index in [1.54, 1.807) is 0 Å². The molecule has 2 aliphatic carbocycles. The van der Waals surface area contributed by atoms with Crippen molar-refractivity contribution in [3.8, 4) is 0 Å². The summed E-state index contributed by atoms with van der Waals surface area (Å²) in [6, 6.07) is 0.140. The van der Waals surface area contributed by atoms with Crippen molar-refractivity contribution in [2.24, 2.45) is 11.3 Å². The molecule has 0 saturated heterocycles. The molecule has 0 bridgehead atoms. The lowest BCUT2D eigenvalue weighted by molar-refractivity contribution is -0.141. The zero-order chi connectivity index (χ0) is 14.8. The Morgan fingerprint density at radius 2 is 1.60 bits per heavy atom. The van der Waals surface area contributed by atoms with Crippen molar-refractivity contribution in [2.75, 3.05) is 0 Å². The van der Waals surface area contributed by atoms with E-state index in [1.165, 1.54) is 0 Å². The Kier molecular flexibility index (Phi) is 4.55. The summed E-state index contributed by atoms with van der Waals surface area (Å²) >= 11 is 0. The molecule has 2 atom stereocenters. The number of carbonyl (C=O) groups is 2. The number of carboxylic acids is 1. The van der Waals surface area contributed by atoms with Gasteiger partial charge in [-0.1, -0.05) is 13.8 Å². The largest absolute Gasteiger partial charge is 0.481 e. The molecule has 5 nitrogen and oxygen atoms in total. The summed E-state index contributed by atoms with van der Waals surface area (Å²) in [5.41, 5.74) is 0.398. The van der Waals surface area contributed by atoms with Gasteiger partial charge in [0.05, 0.1) is 5.92 Å². The first-order chi connectivity index (χ1) is 9.35. The molecule has 0 aromatic heterocycles. The topological polar surface area (TPSA) is 78.4 Å². The fraction of sp³-hybridized carbons (Fsp3) is 0.867. The number of hydrogen-bond acceptors (Lipinski definition) is 2. The summed E-state index contributed by atoms with van der Waals surface area (Å²) in [4.78, 5) is 22.8. The SMILES string of the molecule is CC1(C)CCC(NC(=O)N[C@H]2CC[C@@H](C(=O)O)C2)CC1. The van der Waals surface area contributed by atoms with Gasteiger partial charge in [0.1, 0.15) is 0 Å². The third-order valence-electron chi connectivity index (χ3n) is 4.79. The molecule has 2 saturated carbocycles. The Bertz CT molecular complexity index is 371. The second-order valence-corrected chi connectivity index (χ2v) is 7.10. The molecule has 20 heavy (non-hydrogen) atoms. The molecule has 0 aromatic rings. The summed E-state index contributed by atoms with van der Waals surface area (Å²) in [7, 11) is 0. The minimum absolute atomic E-state index is 0.0103. The first-order valence-electron chi connectivity index (χ1n) is 7.65. The van der Waals surface area contributed by atoms with Crippen LogP contribution in [0.2, 0.25) is 0 Å². The molecule has 5 heteroatoms. The van der Waals surface area contributed by atoms with Crippen LogP contribution in [0.15, 0.2) is 0 Å². The average molecular weight is 282 g/mol. The number of amides is 2. The Labute approximate surface area is 120 Å². The third-order valence-corrected chi connectivity index (χ3v) is 4.79. The first-order valence-corrected chi connectivity index (χ1v) is 7.65. The highest BCUT2D eigenvalue weighted by Crippen LogP contribution is 2.35. The maximum atomic E-state index is 11.9. The molecule has 0 radical (unpaired) electrons. The number of carboxylic acid groups (broad SMARTS) is 1. The van der Waals surface area contributed by atoms with Crippen LogP contribution in [0, 0.1) is 11.3 Å². The van der Waals surface area contributed by atoms with Crippen LogP contribution in [-0.4, -0.2) is 29.2 Å². The van der Waals surface area contributed by atoms with Crippen molar-refractivity contribution in [1.82, 2.24) is 10.6 Å². The number of nitrogens with one attached hydrogen (secondary N) is 2. The Hall–Kier alpha value is -1.26. The molecule has 2 amide bonds. The summed E-state index contributed by atoms with van der Waals surface area (Å²) in [5.74, 6) is -1.04. The van der Waals surface area contributed by atoms with Gasteiger partial charge in [-0.05, 0) is 50.4 Å². The lowest BCUT2D eigenvalue weighted by Crippen LogP contribution is -2.47. The monoisotopic (exact) mass is 282 g/mol. The van der Waals surface area contributed by atoms with Gasteiger partial charge in [-0.2, -0.15) is 0 Å². The van der Waals surface area contributed by atoms with E-state index in [0.29, 0.717) is 18.3 Å². The fourth-order valence-electron chi connectivity index (χ4n) is 3.29. The van der Waals surface area contributed by atoms with Crippen LogP contribution in [0.5, 0.6) is 0 Å². The van der Waals surface area contributed by atoms with Crippen LogP contribution >= 0.6 is 0 Å². The number of aliphatic carboxylic acids is 1. The number of hydrogen-bond donors (Lipinski definition) is 3. The minimum Gasteiger partial charge on any atom is -0.481 e. The standard InChI is InChI=1S/C15H26N2O3/c1-15(2)7-5-11(6-8-15)16-14(20)17-12-4-3-10(9-12)13(18)19/h10-12H,3-9H2,1-2H3,(H,18,19)(H2,16,17,20)/t10-,12+/m1/s1. The molecule has 3 N–H and O–H groups in total. The molecule has 114 valence electrons. The van der Waals surface area contributed by atoms with Gasteiger partial charge in [0.25, 0.3) is 0 Å². The van der Waals surface area contributed by atoms with Crippen LogP contribution < -0.4 is 10.6 Å². The molecule has 0 unspecified atom stereocenters. The first kappa shape index (κ1) is 15.1. The average Bonchev–Trinajstić information content (AvgIpc) is 2.80. The van der Waals surface area contributed by atoms with E-state index in [2.05, 4.69) is 24.5 Å². The van der Waals surface area contributed by atoms with Crippen LogP contribution in [0.1, 0.15) is 58.8 Å². The van der Waals surface area contributed by atoms with Gasteiger partial charge in [-0.25, -0.2) is 4.79 Å². The highest BCUT2D eigenvalue weighted by Gasteiger charge is 2.31. The van der Waals surface area contributed by atoms with Gasteiger partial charge >= 0.3 is 12.0 Å². The van der Waals surface area contributed by atoms with Crippen LogP contribution in [0.4, 0.5) is 4.79 Å². The Balaban J connectivity index is 1.70. The summed E-state index contributed by atoms with van der Waals surface area (Å²) in [5, 5.41) is 14.9. The minimum atomic E-state index is -0.746. The Morgan fingerprint density at radius 1 is 1.00 bits per heavy atom. The van der Waals surface area contributed by atoms with Gasteiger partial charge in [-0.3, -0.25) is 4.79 Å². The quantitative estimate of drug-likeness (QED) is 0.744. The van der Waals surface area contributed by atoms with Gasteiger partial charge < -0.3 is 15.7 Å². The Morgan fingerprint density at radius 3 is 2.15 bits per heavy atom. The second-order valence-electron chi connectivity index (χ2n) is 7.10. The predicted molar refractivity (Wildman–Crippen MR) is 76.5 cm³/mol. The van der Waals surface area contributed by atoms with E-state index in [9.17, 15) is 9.59 Å². The highest BCUT2D eigenvalue weighted by atomic mass is 16.4. The maximum Gasteiger partial charge on any atom is 0.315 e. The van der Waals surface area contributed by atoms with Crippen molar-refractivity contribution >= 4 is 12.0 Å². The van der Waals surface area contributed by atoms with Crippen LogP contribution in [-0.2, 0) is 4.79 Å². The number of rotatable bonds is 3. The summed E-state index contributed by atoms with van der Waals surface area (Å²) in [6.07, 6.45) is 6.33. The van der Waals surface area contributed by atoms with Gasteiger partial charge in [0.15, 0.2) is 0 Å². The fourth-order valence-corrected chi connectivity index (χ4v) is 3.29. The van der Waals surface area contributed by atoms with E-state index in [-0.39, 0.29) is 24.0 Å². The molecular formula is C15H26N2O3. The summed E-state index contributed by atoms with van der Waals surface area (Å²) < 4.78 is 0. The van der Waals surface area contributed by atoms with Crippen molar-refractivity contribution in [3.63, 3.8) is 0 Å². The van der Waals surface area contributed by atoms with Crippen molar-refractivity contribution in [1.29, 1.82) is 0 Å². The third kappa shape index (κ3) is 4.12. The molecule has 0 aromatic carbocycles. The van der Waals surface area contributed by atoms with E-state index < -0.39 is 5.97 Å². The normalized spacial score (nSPS) is 29.9. The molecule has 0 spiro atoms. The lowest BCUT2D eigenvalue weighted by Gasteiger charge is -2.34. The molecule has 0 heterocycles. The van der Waals surface area contributed by atoms with Crippen molar-refractivity contribution < 1.29 is 14.7 Å². The van der Waals surface area contributed by atoms with E-state index in [0.717, 1.165) is 32.1 Å². The van der Waals surface area contributed by atoms with Crippen LogP contribution in [0.3, 0.4) is 0 Å². The number of carbonyl (C=O) groups excluding carboxylic acids is 1. The van der Waals surface area contributed by atoms with Crippen molar-refractivity contribution in [2.45, 2.75) is 70.9 Å². The molecule has 2 rings (SSSR count). The van der Waals surface area contributed by atoms with Gasteiger partial charge in [0, 0.05) is 12.1 Å². The van der Waals surface area contributed by atoms with E-state index >= 15 is 0 Å². The summed E-state index contributed by atoms with van der Waals surface area (Å²) in [6.45, 7) is 4.54. The molecule has 2 fully saturated rings. The lowest BCUT2D eigenvalue weighted by atomic mass is 9.76. The molecule has 0 aliphatic heterocycles. The number of urea groups is 1. The zero-order valence-electron chi connectivity index (χ0n) is 12.4. The highest BCUT2D eigenvalue weighted by molar-refractivity contribution is 5.75. The zero-order valence-corrected chi connectivity index (χ0v) is 12.4. The smallest absolute Gasteiger partial charge is 0.315 e.